The predicted octanol–water partition coefficient (Wildman–Crippen LogP) is 3.06. The Hall–Kier alpha value is -1.36. The van der Waals surface area contributed by atoms with Crippen molar-refractivity contribution in [1.29, 1.82) is 0 Å². The van der Waals surface area contributed by atoms with E-state index in [1.807, 2.05) is 36.1 Å². The number of nitrogens with zero attached hydrogens (tertiary/aromatic N) is 1. The van der Waals surface area contributed by atoms with E-state index in [2.05, 4.69) is 11.4 Å². The maximum absolute atomic E-state index is 12.5. The minimum absolute atomic E-state index is 0. The number of amides is 1. The van der Waals surface area contributed by atoms with Crippen molar-refractivity contribution in [1.82, 2.24) is 4.90 Å². The summed E-state index contributed by atoms with van der Waals surface area (Å²) >= 11 is 1.78. The van der Waals surface area contributed by atoms with Crippen LogP contribution in [0, 0.1) is 6.92 Å². The summed E-state index contributed by atoms with van der Waals surface area (Å²) in [5.74, 6) is 0.0192. The molecule has 21 heavy (non-hydrogen) atoms. The highest BCUT2D eigenvalue weighted by Gasteiger charge is 2.26. The van der Waals surface area contributed by atoms with Gasteiger partial charge < -0.3 is 10.6 Å². The fraction of sp³-hybridized carbons (Fsp3) is 0.312. The molecular weight excluding hydrogens is 304 g/mol. The van der Waals surface area contributed by atoms with Crippen molar-refractivity contribution in [2.45, 2.75) is 25.9 Å². The largest absolute Gasteiger partial charge is 0.336 e. The van der Waals surface area contributed by atoms with Crippen LogP contribution in [-0.2, 0) is 17.8 Å². The van der Waals surface area contributed by atoms with Crippen LogP contribution in [0.2, 0.25) is 0 Å². The molecule has 2 N–H and O–H groups in total. The van der Waals surface area contributed by atoms with E-state index in [1.165, 1.54) is 16.0 Å². The molecule has 1 atom stereocenters. The number of rotatable bonds is 2. The summed E-state index contributed by atoms with van der Waals surface area (Å²) < 4.78 is 0. The van der Waals surface area contributed by atoms with E-state index in [0.717, 1.165) is 18.5 Å². The normalized spacial score (nSPS) is 15.0. The minimum Gasteiger partial charge on any atom is -0.336 e. The highest BCUT2D eigenvalue weighted by molar-refractivity contribution is 7.10. The van der Waals surface area contributed by atoms with Crippen molar-refractivity contribution in [3.05, 3.63) is 57.3 Å². The Morgan fingerprint density at radius 1 is 1.29 bits per heavy atom. The molecule has 0 saturated heterocycles. The lowest BCUT2D eigenvalue weighted by molar-refractivity contribution is -0.133. The van der Waals surface area contributed by atoms with Gasteiger partial charge in [-0.25, -0.2) is 0 Å². The first-order valence-electron chi connectivity index (χ1n) is 6.81. The first kappa shape index (κ1) is 16.0. The van der Waals surface area contributed by atoms with Gasteiger partial charge in [0.05, 0.1) is 0 Å². The highest BCUT2D eigenvalue weighted by atomic mass is 35.5. The SMILES string of the molecule is Cc1ccc(C(N)C(=O)N2CCc3sccc3C2)cc1.Cl. The van der Waals surface area contributed by atoms with Gasteiger partial charge in [-0.1, -0.05) is 29.8 Å². The zero-order valence-corrected chi connectivity index (χ0v) is 13.5. The van der Waals surface area contributed by atoms with Gasteiger partial charge in [-0.2, -0.15) is 0 Å². The van der Waals surface area contributed by atoms with Gasteiger partial charge in [-0.05, 0) is 35.9 Å². The molecule has 3 rings (SSSR count). The number of aryl methyl sites for hydroxylation is 1. The minimum atomic E-state index is -0.559. The predicted molar refractivity (Wildman–Crippen MR) is 88.8 cm³/mol. The molecule has 1 aliphatic heterocycles. The van der Waals surface area contributed by atoms with Gasteiger partial charge in [0.1, 0.15) is 6.04 Å². The van der Waals surface area contributed by atoms with Gasteiger partial charge >= 0.3 is 0 Å². The second-order valence-electron chi connectivity index (χ2n) is 5.27. The Morgan fingerprint density at radius 2 is 2.00 bits per heavy atom. The summed E-state index contributed by atoms with van der Waals surface area (Å²) in [5, 5.41) is 2.10. The van der Waals surface area contributed by atoms with Crippen LogP contribution in [0.5, 0.6) is 0 Å². The van der Waals surface area contributed by atoms with Crippen LogP contribution < -0.4 is 5.73 Å². The van der Waals surface area contributed by atoms with E-state index in [9.17, 15) is 4.79 Å². The topological polar surface area (TPSA) is 46.3 Å². The van der Waals surface area contributed by atoms with E-state index >= 15 is 0 Å². The van der Waals surface area contributed by atoms with Crippen LogP contribution in [0.1, 0.15) is 27.6 Å². The molecule has 0 saturated carbocycles. The number of nitrogens with two attached hydrogens (primary N) is 1. The third-order valence-electron chi connectivity index (χ3n) is 3.82. The third kappa shape index (κ3) is 3.28. The van der Waals surface area contributed by atoms with Gasteiger partial charge in [-0.3, -0.25) is 4.79 Å². The lowest BCUT2D eigenvalue weighted by atomic mass is 10.0. The summed E-state index contributed by atoms with van der Waals surface area (Å²) in [6, 6.07) is 9.42. The quantitative estimate of drug-likeness (QED) is 0.923. The van der Waals surface area contributed by atoms with Crippen LogP contribution in [-0.4, -0.2) is 17.4 Å². The van der Waals surface area contributed by atoms with Gasteiger partial charge in [0.25, 0.3) is 0 Å². The first-order valence-corrected chi connectivity index (χ1v) is 7.69. The summed E-state index contributed by atoms with van der Waals surface area (Å²) in [5.41, 5.74) is 9.46. The zero-order chi connectivity index (χ0) is 14.1. The number of thiophene rings is 1. The summed E-state index contributed by atoms with van der Waals surface area (Å²) in [4.78, 5) is 15.8. The molecule has 0 radical (unpaired) electrons. The Bertz CT molecular complexity index is 623. The van der Waals surface area contributed by atoms with Crippen LogP contribution >= 0.6 is 23.7 Å². The van der Waals surface area contributed by atoms with Crippen molar-refractivity contribution < 1.29 is 4.79 Å². The second-order valence-corrected chi connectivity index (χ2v) is 6.27. The molecule has 0 spiro atoms. The summed E-state index contributed by atoms with van der Waals surface area (Å²) in [6.45, 7) is 3.49. The smallest absolute Gasteiger partial charge is 0.244 e. The molecule has 0 bridgehead atoms. The molecule has 1 unspecified atom stereocenters. The fourth-order valence-electron chi connectivity index (χ4n) is 2.55. The molecule has 2 heterocycles. The Kier molecular flexibility index (Phi) is 5.04. The summed E-state index contributed by atoms with van der Waals surface area (Å²) in [6.07, 6.45) is 0.944. The first-order chi connectivity index (χ1) is 9.65. The molecule has 1 amide bonds. The van der Waals surface area contributed by atoms with Crippen molar-refractivity contribution in [3.63, 3.8) is 0 Å². The van der Waals surface area contributed by atoms with Crippen molar-refractivity contribution in [2.24, 2.45) is 5.73 Å². The number of carbonyl (C=O) groups excluding carboxylic acids is 1. The molecule has 0 fully saturated rings. The lowest BCUT2D eigenvalue weighted by Gasteiger charge is -2.29. The molecule has 3 nitrogen and oxygen atoms in total. The van der Waals surface area contributed by atoms with Crippen molar-refractivity contribution >= 4 is 29.7 Å². The molecule has 1 aromatic heterocycles. The standard InChI is InChI=1S/C16H18N2OS.ClH/c1-11-2-4-12(5-3-11)15(17)16(19)18-8-6-14-13(10-18)7-9-20-14;/h2-5,7,9,15H,6,8,10,17H2,1H3;1H. The number of fused-ring (bicyclic) bond motifs is 1. The van der Waals surface area contributed by atoms with E-state index < -0.39 is 6.04 Å². The second kappa shape index (κ2) is 6.60. The number of hydrogen-bond acceptors (Lipinski definition) is 3. The molecular formula is C16H19ClN2OS. The van der Waals surface area contributed by atoms with Gasteiger partial charge in [0.15, 0.2) is 0 Å². The number of carbonyl (C=O) groups is 1. The van der Waals surface area contributed by atoms with Crippen molar-refractivity contribution in [2.75, 3.05) is 6.54 Å². The monoisotopic (exact) mass is 322 g/mol. The van der Waals surface area contributed by atoms with E-state index in [0.29, 0.717) is 6.54 Å². The fourth-order valence-corrected chi connectivity index (χ4v) is 3.44. The van der Waals surface area contributed by atoms with Gasteiger partial charge in [0.2, 0.25) is 5.91 Å². The number of halogens is 1. The average molecular weight is 323 g/mol. The van der Waals surface area contributed by atoms with Gasteiger partial charge in [-0.15, -0.1) is 23.7 Å². The third-order valence-corrected chi connectivity index (χ3v) is 4.84. The molecule has 2 aromatic rings. The lowest BCUT2D eigenvalue weighted by Crippen LogP contribution is -2.41. The Balaban J connectivity index is 0.00000161. The highest BCUT2D eigenvalue weighted by Crippen LogP contribution is 2.25. The number of hydrogen-bond donors (Lipinski definition) is 1. The molecule has 0 aliphatic carbocycles. The van der Waals surface area contributed by atoms with Crippen LogP contribution in [0.15, 0.2) is 35.7 Å². The van der Waals surface area contributed by atoms with Crippen molar-refractivity contribution in [3.8, 4) is 0 Å². The van der Waals surface area contributed by atoms with E-state index in [-0.39, 0.29) is 18.3 Å². The van der Waals surface area contributed by atoms with Crippen LogP contribution in [0.3, 0.4) is 0 Å². The Labute approximate surface area is 135 Å². The Morgan fingerprint density at radius 3 is 2.71 bits per heavy atom. The average Bonchev–Trinajstić information content (AvgIpc) is 2.94. The van der Waals surface area contributed by atoms with Gasteiger partial charge in [0, 0.05) is 18.0 Å². The van der Waals surface area contributed by atoms with Crippen LogP contribution in [0.4, 0.5) is 0 Å². The molecule has 112 valence electrons. The van der Waals surface area contributed by atoms with Crippen LogP contribution in [0.25, 0.3) is 0 Å². The number of benzene rings is 1. The van der Waals surface area contributed by atoms with E-state index in [4.69, 9.17) is 5.73 Å². The molecule has 1 aliphatic rings. The summed E-state index contributed by atoms with van der Waals surface area (Å²) in [7, 11) is 0. The maximum atomic E-state index is 12.5. The van der Waals surface area contributed by atoms with E-state index in [1.54, 1.807) is 11.3 Å². The maximum Gasteiger partial charge on any atom is 0.244 e. The molecule has 1 aromatic carbocycles. The molecule has 5 heteroatoms. The zero-order valence-electron chi connectivity index (χ0n) is 11.9.